The maximum absolute atomic E-state index is 12.6. The first-order chi connectivity index (χ1) is 12.0. The molecule has 1 aromatic carbocycles. The monoisotopic (exact) mass is 345 g/mol. The first kappa shape index (κ1) is 16.1. The number of likely N-dealkylation sites (tertiary alicyclic amines) is 1. The molecule has 1 aliphatic carbocycles. The van der Waals surface area contributed by atoms with Gasteiger partial charge in [-0.3, -0.25) is 4.79 Å². The maximum Gasteiger partial charge on any atom is 0.321 e. The second-order valence-corrected chi connectivity index (χ2v) is 7.31. The van der Waals surface area contributed by atoms with Crippen LogP contribution in [0.3, 0.4) is 0 Å². The standard InChI is InChI=1S/C18H23N3O4/c1-20-7-8-25-15-5-4-13(9-14(15)20)19-17(24)21-10-12-3-2-6-18(12,11-21)16(22)23/h4-5,9,12H,2-3,6-8,10-11H2,1H3,(H,19,24)(H,22,23)/t12-,18+/m0/s1. The number of nitrogens with zero attached hydrogens (tertiary/aromatic N) is 2. The molecule has 0 aromatic heterocycles. The van der Waals surface area contributed by atoms with E-state index in [0.29, 0.717) is 31.8 Å². The maximum atomic E-state index is 12.6. The number of hydrogen-bond acceptors (Lipinski definition) is 4. The van der Waals surface area contributed by atoms with Crippen molar-refractivity contribution in [2.24, 2.45) is 11.3 Å². The minimum atomic E-state index is -0.766. The molecule has 1 saturated carbocycles. The Kier molecular flexibility index (Phi) is 3.74. The number of rotatable bonds is 2. The van der Waals surface area contributed by atoms with Gasteiger partial charge in [0.15, 0.2) is 0 Å². The Bertz CT molecular complexity index is 722. The van der Waals surface area contributed by atoms with Crippen LogP contribution < -0.4 is 15.0 Å². The highest BCUT2D eigenvalue weighted by molar-refractivity contribution is 5.91. The molecule has 2 fully saturated rings. The minimum Gasteiger partial charge on any atom is -0.490 e. The highest BCUT2D eigenvalue weighted by Gasteiger charge is 2.55. The number of likely N-dealkylation sites (N-methyl/N-ethyl adjacent to an activating group) is 1. The molecule has 2 aliphatic heterocycles. The fourth-order valence-corrected chi connectivity index (χ4v) is 4.42. The van der Waals surface area contributed by atoms with E-state index >= 15 is 0 Å². The number of fused-ring (bicyclic) bond motifs is 2. The van der Waals surface area contributed by atoms with Gasteiger partial charge in [-0.1, -0.05) is 6.42 Å². The van der Waals surface area contributed by atoms with Crippen molar-refractivity contribution in [3.63, 3.8) is 0 Å². The van der Waals surface area contributed by atoms with E-state index in [1.807, 2.05) is 25.2 Å². The van der Waals surface area contributed by atoms with Crippen molar-refractivity contribution in [1.29, 1.82) is 0 Å². The Morgan fingerprint density at radius 3 is 3.00 bits per heavy atom. The number of carboxylic acids is 1. The highest BCUT2D eigenvalue weighted by Crippen LogP contribution is 2.49. The van der Waals surface area contributed by atoms with E-state index in [0.717, 1.165) is 30.8 Å². The van der Waals surface area contributed by atoms with Crippen molar-refractivity contribution in [1.82, 2.24) is 4.90 Å². The summed E-state index contributed by atoms with van der Waals surface area (Å²) in [5.74, 6) is 0.115. The van der Waals surface area contributed by atoms with E-state index in [4.69, 9.17) is 4.74 Å². The molecule has 0 bridgehead atoms. The molecule has 1 aromatic rings. The molecular weight excluding hydrogens is 322 g/mol. The van der Waals surface area contributed by atoms with Crippen LogP contribution >= 0.6 is 0 Å². The van der Waals surface area contributed by atoms with Crippen LogP contribution in [0, 0.1) is 11.3 Å². The second kappa shape index (κ2) is 5.82. The number of amides is 2. The topological polar surface area (TPSA) is 82.1 Å². The summed E-state index contributed by atoms with van der Waals surface area (Å²) in [6, 6.07) is 5.35. The molecule has 4 rings (SSSR count). The molecule has 2 heterocycles. The molecule has 2 amide bonds. The first-order valence-corrected chi connectivity index (χ1v) is 8.77. The number of urea groups is 1. The molecule has 1 saturated heterocycles. The SMILES string of the molecule is CN1CCOc2ccc(NC(=O)N3C[C@@H]4CCC[C@@]4(C(=O)O)C3)cc21. The molecule has 134 valence electrons. The zero-order chi connectivity index (χ0) is 17.6. The number of aliphatic carboxylic acids is 1. The summed E-state index contributed by atoms with van der Waals surface area (Å²) in [6.07, 6.45) is 2.48. The number of ether oxygens (including phenoxy) is 1. The van der Waals surface area contributed by atoms with Crippen molar-refractivity contribution >= 4 is 23.4 Å². The average molecular weight is 345 g/mol. The lowest BCUT2D eigenvalue weighted by Gasteiger charge is -2.28. The van der Waals surface area contributed by atoms with Gasteiger partial charge in [0.05, 0.1) is 17.6 Å². The Hall–Kier alpha value is -2.44. The van der Waals surface area contributed by atoms with Gasteiger partial charge in [0.2, 0.25) is 0 Å². The zero-order valence-corrected chi connectivity index (χ0v) is 14.3. The second-order valence-electron chi connectivity index (χ2n) is 7.31. The largest absolute Gasteiger partial charge is 0.490 e. The first-order valence-electron chi connectivity index (χ1n) is 8.77. The summed E-state index contributed by atoms with van der Waals surface area (Å²) in [7, 11) is 1.99. The molecule has 3 aliphatic rings. The molecule has 0 radical (unpaired) electrons. The molecular formula is C18H23N3O4. The van der Waals surface area contributed by atoms with Gasteiger partial charge < -0.3 is 25.0 Å². The van der Waals surface area contributed by atoms with Crippen LogP contribution in [0.2, 0.25) is 0 Å². The predicted molar refractivity (Wildman–Crippen MR) is 93.2 cm³/mol. The van der Waals surface area contributed by atoms with E-state index in [2.05, 4.69) is 10.2 Å². The number of nitrogens with one attached hydrogen (secondary N) is 1. The van der Waals surface area contributed by atoms with Gasteiger partial charge in [0.25, 0.3) is 0 Å². The summed E-state index contributed by atoms with van der Waals surface area (Å²) < 4.78 is 5.61. The van der Waals surface area contributed by atoms with Crippen molar-refractivity contribution < 1.29 is 19.4 Å². The number of anilines is 2. The van der Waals surface area contributed by atoms with Crippen molar-refractivity contribution in [3.05, 3.63) is 18.2 Å². The average Bonchev–Trinajstić information content (AvgIpc) is 3.14. The molecule has 25 heavy (non-hydrogen) atoms. The number of benzene rings is 1. The lowest BCUT2D eigenvalue weighted by molar-refractivity contribution is -0.149. The van der Waals surface area contributed by atoms with Crippen molar-refractivity contribution in [3.8, 4) is 5.75 Å². The number of carbonyl (C=O) groups is 2. The normalized spacial score (nSPS) is 27.5. The van der Waals surface area contributed by atoms with Crippen LogP contribution in [0.4, 0.5) is 16.2 Å². The lowest BCUT2D eigenvalue weighted by atomic mass is 9.81. The number of carbonyl (C=O) groups excluding carboxylic acids is 1. The van der Waals surface area contributed by atoms with Gasteiger partial charge in [-0.2, -0.15) is 0 Å². The summed E-state index contributed by atoms with van der Waals surface area (Å²) in [4.78, 5) is 28.1. The molecule has 2 atom stereocenters. The molecule has 0 spiro atoms. The fraction of sp³-hybridized carbons (Fsp3) is 0.556. The van der Waals surface area contributed by atoms with E-state index < -0.39 is 11.4 Å². The van der Waals surface area contributed by atoms with Crippen LogP contribution in [0.5, 0.6) is 5.75 Å². The minimum absolute atomic E-state index is 0.0683. The summed E-state index contributed by atoms with van der Waals surface area (Å²) in [6.45, 7) is 2.28. The highest BCUT2D eigenvalue weighted by atomic mass is 16.5. The molecule has 7 nitrogen and oxygen atoms in total. The Labute approximate surface area is 146 Å². The quantitative estimate of drug-likeness (QED) is 0.859. The van der Waals surface area contributed by atoms with Gasteiger partial charge in [-0.05, 0) is 37.0 Å². The third-order valence-corrected chi connectivity index (χ3v) is 5.89. The van der Waals surface area contributed by atoms with Gasteiger partial charge in [-0.15, -0.1) is 0 Å². The predicted octanol–water partition coefficient (Wildman–Crippen LogP) is 2.23. The number of hydrogen-bond donors (Lipinski definition) is 2. The van der Waals surface area contributed by atoms with Gasteiger partial charge in [0.1, 0.15) is 12.4 Å². The Morgan fingerprint density at radius 1 is 1.40 bits per heavy atom. The molecule has 0 unspecified atom stereocenters. The summed E-state index contributed by atoms with van der Waals surface area (Å²) >= 11 is 0. The third-order valence-electron chi connectivity index (χ3n) is 5.89. The van der Waals surface area contributed by atoms with Gasteiger partial charge >= 0.3 is 12.0 Å². The van der Waals surface area contributed by atoms with E-state index in [-0.39, 0.29) is 11.9 Å². The van der Waals surface area contributed by atoms with Gasteiger partial charge in [0, 0.05) is 25.8 Å². The van der Waals surface area contributed by atoms with Gasteiger partial charge in [-0.25, -0.2) is 4.79 Å². The van der Waals surface area contributed by atoms with E-state index in [9.17, 15) is 14.7 Å². The zero-order valence-electron chi connectivity index (χ0n) is 14.3. The summed E-state index contributed by atoms with van der Waals surface area (Å²) in [5.41, 5.74) is 0.897. The van der Waals surface area contributed by atoms with Crippen LogP contribution in [0.1, 0.15) is 19.3 Å². The lowest BCUT2D eigenvalue weighted by Crippen LogP contribution is -2.38. The molecule has 2 N–H and O–H groups in total. The smallest absolute Gasteiger partial charge is 0.321 e. The van der Waals surface area contributed by atoms with Crippen LogP contribution in [-0.2, 0) is 4.79 Å². The van der Waals surface area contributed by atoms with Crippen molar-refractivity contribution in [2.75, 3.05) is 43.5 Å². The number of carboxylic acid groups (broad SMARTS) is 1. The van der Waals surface area contributed by atoms with E-state index in [1.165, 1.54) is 0 Å². The third kappa shape index (κ3) is 2.58. The van der Waals surface area contributed by atoms with E-state index in [1.54, 1.807) is 4.90 Å². The summed E-state index contributed by atoms with van der Waals surface area (Å²) in [5, 5.41) is 12.6. The van der Waals surface area contributed by atoms with Crippen molar-refractivity contribution in [2.45, 2.75) is 19.3 Å². The fourth-order valence-electron chi connectivity index (χ4n) is 4.42. The van der Waals surface area contributed by atoms with Crippen LogP contribution in [0.15, 0.2) is 18.2 Å². The Morgan fingerprint density at radius 2 is 2.24 bits per heavy atom. The molecule has 7 heteroatoms. The Balaban J connectivity index is 1.48. The van der Waals surface area contributed by atoms with Crippen LogP contribution in [0.25, 0.3) is 0 Å². The van der Waals surface area contributed by atoms with Crippen LogP contribution in [-0.4, -0.2) is 55.3 Å².